The van der Waals surface area contributed by atoms with Crippen LogP contribution in [0.3, 0.4) is 0 Å². The Morgan fingerprint density at radius 2 is 2.13 bits per heavy atom. The molecule has 7 heteroatoms. The lowest BCUT2D eigenvalue weighted by Crippen LogP contribution is -2.29. The largest absolute Gasteiger partial charge is 0.328 e. The van der Waals surface area contributed by atoms with Gasteiger partial charge in [-0.25, -0.2) is 9.99 Å². The molecular formula is C16H14N4OS2. The van der Waals surface area contributed by atoms with Gasteiger partial charge in [0.05, 0.1) is 23.0 Å². The number of imidazole rings is 1. The Labute approximate surface area is 141 Å². The molecule has 3 aromatic rings. The molecule has 0 bridgehead atoms. The van der Waals surface area contributed by atoms with Crippen molar-refractivity contribution in [1.82, 2.24) is 14.6 Å². The number of hydrazone groups is 1. The first-order valence-electron chi connectivity index (χ1n) is 7.24. The van der Waals surface area contributed by atoms with Crippen LogP contribution in [-0.2, 0) is 11.3 Å². The summed E-state index contributed by atoms with van der Waals surface area (Å²) < 4.78 is 1.77. The van der Waals surface area contributed by atoms with Crippen molar-refractivity contribution < 1.29 is 4.79 Å². The van der Waals surface area contributed by atoms with E-state index < -0.39 is 0 Å². The van der Waals surface area contributed by atoms with Gasteiger partial charge in [0.2, 0.25) is 0 Å². The minimum absolute atomic E-state index is 0.0110. The highest BCUT2D eigenvalue weighted by atomic mass is 32.1. The third kappa shape index (κ3) is 2.85. The molecule has 0 aromatic carbocycles. The monoisotopic (exact) mass is 342 g/mol. The third-order valence-corrected chi connectivity index (χ3v) is 5.61. The average Bonchev–Trinajstić information content (AvgIpc) is 3.30. The number of carbonyl (C=O) groups is 1. The van der Waals surface area contributed by atoms with Crippen molar-refractivity contribution in [3.8, 4) is 0 Å². The summed E-state index contributed by atoms with van der Waals surface area (Å²) in [6, 6.07) is 8.14. The Hall–Kier alpha value is -2.25. The highest BCUT2D eigenvalue weighted by Crippen LogP contribution is 2.35. The quantitative estimate of drug-likeness (QED) is 0.730. The van der Waals surface area contributed by atoms with Gasteiger partial charge in [0, 0.05) is 23.7 Å². The van der Waals surface area contributed by atoms with Crippen molar-refractivity contribution in [1.29, 1.82) is 0 Å². The number of nitrogens with zero attached hydrogens (tertiary/aromatic N) is 4. The van der Waals surface area contributed by atoms with Crippen molar-refractivity contribution >= 4 is 34.3 Å². The molecule has 0 fully saturated rings. The van der Waals surface area contributed by atoms with E-state index in [0.29, 0.717) is 0 Å². The first-order chi connectivity index (χ1) is 11.3. The summed E-state index contributed by atoms with van der Waals surface area (Å²) in [7, 11) is 0. The molecule has 0 unspecified atom stereocenters. The van der Waals surface area contributed by atoms with E-state index >= 15 is 0 Å². The Morgan fingerprint density at radius 1 is 1.26 bits per heavy atom. The van der Waals surface area contributed by atoms with Gasteiger partial charge >= 0.3 is 0 Å². The second-order valence-electron chi connectivity index (χ2n) is 5.23. The molecule has 0 aliphatic carbocycles. The fraction of sp³-hybridized carbons (Fsp3) is 0.188. The molecule has 1 atom stereocenters. The summed E-state index contributed by atoms with van der Waals surface area (Å²) in [6.45, 7) is 0.253. The number of carbonyl (C=O) groups excluding carboxylic acids is 1. The number of hydrogen-bond donors (Lipinski definition) is 0. The second-order valence-corrected chi connectivity index (χ2v) is 7.16. The van der Waals surface area contributed by atoms with E-state index in [1.165, 1.54) is 4.88 Å². The fourth-order valence-corrected chi connectivity index (χ4v) is 4.18. The maximum Gasteiger partial charge on any atom is 0.263 e. The normalized spacial score (nSPS) is 17.5. The van der Waals surface area contributed by atoms with Crippen LogP contribution in [0.15, 0.2) is 58.8 Å². The lowest BCUT2D eigenvalue weighted by atomic mass is 10.1. The SMILES string of the molecule is O=C(Cn1ccnc1)N1N=C(c2cccs2)C[C@H]1c1cccs1. The number of hydrogen-bond acceptors (Lipinski definition) is 5. The Kier molecular flexibility index (Phi) is 3.80. The van der Waals surface area contributed by atoms with E-state index in [-0.39, 0.29) is 18.5 Å². The molecule has 0 spiro atoms. The van der Waals surface area contributed by atoms with Crippen LogP contribution in [-0.4, -0.2) is 26.2 Å². The molecule has 0 N–H and O–H groups in total. The molecule has 0 saturated heterocycles. The summed E-state index contributed by atoms with van der Waals surface area (Å²) in [4.78, 5) is 19.0. The molecule has 116 valence electrons. The van der Waals surface area contributed by atoms with E-state index in [2.05, 4.69) is 22.2 Å². The standard InChI is InChI=1S/C16H14N4OS2/c21-16(10-19-6-5-17-11-19)20-13(15-4-2-8-23-15)9-12(18-20)14-3-1-7-22-14/h1-8,11,13H,9-10H2/t13-/m0/s1. The van der Waals surface area contributed by atoms with Gasteiger partial charge in [-0.15, -0.1) is 22.7 Å². The summed E-state index contributed by atoms with van der Waals surface area (Å²) in [5, 5.41) is 10.3. The lowest BCUT2D eigenvalue weighted by Gasteiger charge is -2.20. The number of thiophene rings is 2. The maximum absolute atomic E-state index is 12.7. The van der Waals surface area contributed by atoms with Gasteiger partial charge in [0.25, 0.3) is 5.91 Å². The van der Waals surface area contributed by atoms with Gasteiger partial charge in [-0.2, -0.15) is 5.10 Å². The van der Waals surface area contributed by atoms with Crippen LogP contribution < -0.4 is 0 Å². The third-order valence-electron chi connectivity index (χ3n) is 3.72. The zero-order chi connectivity index (χ0) is 15.6. The second kappa shape index (κ2) is 6.10. The highest BCUT2D eigenvalue weighted by Gasteiger charge is 2.33. The van der Waals surface area contributed by atoms with Crippen LogP contribution in [0.4, 0.5) is 0 Å². The number of aromatic nitrogens is 2. The molecule has 1 amide bonds. The van der Waals surface area contributed by atoms with Crippen molar-refractivity contribution in [3.05, 3.63) is 63.5 Å². The van der Waals surface area contributed by atoms with Gasteiger partial charge in [0.1, 0.15) is 6.54 Å². The van der Waals surface area contributed by atoms with Crippen LogP contribution in [0.1, 0.15) is 22.2 Å². The van der Waals surface area contributed by atoms with Gasteiger partial charge in [-0.3, -0.25) is 4.79 Å². The predicted molar refractivity (Wildman–Crippen MR) is 91.6 cm³/mol. The summed E-state index contributed by atoms with van der Waals surface area (Å²) in [6.07, 6.45) is 5.88. The molecule has 5 nitrogen and oxygen atoms in total. The van der Waals surface area contributed by atoms with Gasteiger partial charge < -0.3 is 4.57 Å². The molecule has 4 rings (SSSR count). The van der Waals surface area contributed by atoms with Crippen molar-refractivity contribution in [3.63, 3.8) is 0 Å². The average molecular weight is 342 g/mol. The zero-order valence-corrected chi connectivity index (χ0v) is 13.8. The van der Waals surface area contributed by atoms with Gasteiger partial charge in [-0.05, 0) is 22.9 Å². The minimum atomic E-state index is -0.0204. The van der Waals surface area contributed by atoms with Crippen molar-refractivity contribution in [2.24, 2.45) is 5.10 Å². The van der Waals surface area contributed by atoms with Crippen LogP contribution in [0, 0.1) is 0 Å². The summed E-state index contributed by atoms with van der Waals surface area (Å²) in [5.41, 5.74) is 0.984. The molecule has 23 heavy (non-hydrogen) atoms. The van der Waals surface area contributed by atoms with Crippen LogP contribution in [0.5, 0.6) is 0 Å². The highest BCUT2D eigenvalue weighted by molar-refractivity contribution is 7.12. The first kappa shape index (κ1) is 14.3. The molecule has 4 heterocycles. The smallest absolute Gasteiger partial charge is 0.263 e. The van der Waals surface area contributed by atoms with Crippen LogP contribution >= 0.6 is 22.7 Å². The maximum atomic E-state index is 12.7. The Balaban J connectivity index is 1.63. The lowest BCUT2D eigenvalue weighted by molar-refractivity contribution is -0.133. The molecule has 1 aliphatic heterocycles. The topological polar surface area (TPSA) is 50.5 Å². The van der Waals surface area contributed by atoms with Gasteiger partial charge in [0.15, 0.2) is 0 Å². The van der Waals surface area contributed by atoms with E-state index in [9.17, 15) is 4.79 Å². The molecule has 0 radical (unpaired) electrons. The van der Waals surface area contributed by atoms with E-state index in [1.807, 2.05) is 22.9 Å². The Morgan fingerprint density at radius 3 is 2.83 bits per heavy atom. The molecular weight excluding hydrogens is 328 g/mol. The number of rotatable bonds is 4. The summed E-state index contributed by atoms with van der Waals surface area (Å²) >= 11 is 3.32. The van der Waals surface area contributed by atoms with E-state index in [1.54, 1.807) is 51.0 Å². The first-order valence-corrected chi connectivity index (χ1v) is 9.00. The molecule has 3 aromatic heterocycles. The van der Waals surface area contributed by atoms with Crippen LogP contribution in [0.2, 0.25) is 0 Å². The van der Waals surface area contributed by atoms with Crippen molar-refractivity contribution in [2.75, 3.05) is 0 Å². The Bertz CT molecular complexity index is 807. The van der Waals surface area contributed by atoms with E-state index in [4.69, 9.17) is 0 Å². The number of amides is 1. The minimum Gasteiger partial charge on any atom is -0.328 e. The predicted octanol–water partition coefficient (Wildman–Crippen LogP) is 3.38. The van der Waals surface area contributed by atoms with Gasteiger partial charge in [-0.1, -0.05) is 12.1 Å². The summed E-state index contributed by atoms with van der Waals surface area (Å²) in [5.74, 6) is -0.0204. The van der Waals surface area contributed by atoms with E-state index in [0.717, 1.165) is 17.0 Å². The van der Waals surface area contributed by atoms with Crippen LogP contribution in [0.25, 0.3) is 0 Å². The fourth-order valence-electron chi connectivity index (χ4n) is 2.64. The van der Waals surface area contributed by atoms with Crippen molar-refractivity contribution in [2.45, 2.75) is 19.0 Å². The molecule has 1 aliphatic rings. The zero-order valence-electron chi connectivity index (χ0n) is 12.2. The molecule has 0 saturated carbocycles.